The standard InChI is InChI=1S/C61H113NO5/c1-3-5-7-9-11-13-15-17-19-22-27-31-35-39-43-47-51-55-61(66)67-56-52-48-44-40-36-32-28-24-21-23-26-30-34-38-42-46-50-54-60(65)62-58(57-63)59(64)53-49-45-41-37-33-29-25-20-18-16-14-12-10-8-6-4-2/h11,13,17,19,21,24,49,53,58-59,63-64H,3-10,12,14-16,18,20,22-23,25-48,50-52,54-57H2,1-2H3,(H,62,65)/b13-11-,19-17-,24-21-,53-49+. The lowest BCUT2D eigenvalue weighted by Gasteiger charge is -2.20. The zero-order chi connectivity index (χ0) is 48.6. The minimum atomic E-state index is -0.853. The van der Waals surface area contributed by atoms with Crippen LogP contribution in [0.1, 0.15) is 303 Å². The molecule has 0 spiro atoms. The van der Waals surface area contributed by atoms with Gasteiger partial charge in [0.1, 0.15) is 0 Å². The van der Waals surface area contributed by atoms with Crippen LogP contribution in [0, 0.1) is 0 Å². The Balaban J connectivity index is 3.49. The van der Waals surface area contributed by atoms with E-state index in [9.17, 15) is 19.8 Å². The number of esters is 1. The molecule has 6 nitrogen and oxygen atoms in total. The fraction of sp³-hybridized carbons (Fsp3) is 0.836. The van der Waals surface area contributed by atoms with E-state index in [1.54, 1.807) is 6.08 Å². The number of carbonyl (C=O) groups excluding carboxylic acids is 2. The van der Waals surface area contributed by atoms with Crippen LogP contribution in [0.15, 0.2) is 48.6 Å². The Bertz CT molecular complexity index is 1130. The average molecular weight is 941 g/mol. The summed E-state index contributed by atoms with van der Waals surface area (Å²) in [6.45, 7) is 4.86. The monoisotopic (exact) mass is 940 g/mol. The summed E-state index contributed by atoms with van der Waals surface area (Å²) in [5, 5.41) is 23.1. The third-order valence-electron chi connectivity index (χ3n) is 13.3. The van der Waals surface area contributed by atoms with E-state index in [2.05, 4.69) is 55.6 Å². The Hall–Kier alpha value is -2.18. The second-order valence-electron chi connectivity index (χ2n) is 20.0. The molecule has 392 valence electrons. The molecular weight excluding hydrogens is 827 g/mol. The first-order valence-electron chi connectivity index (χ1n) is 29.4. The van der Waals surface area contributed by atoms with Gasteiger partial charge < -0.3 is 20.3 Å². The smallest absolute Gasteiger partial charge is 0.305 e. The van der Waals surface area contributed by atoms with Gasteiger partial charge in [-0.25, -0.2) is 0 Å². The van der Waals surface area contributed by atoms with Gasteiger partial charge in [-0.15, -0.1) is 0 Å². The molecule has 3 N–H and O–H groups in total. The van der Waals surface area contributed by atoms with Crippen molar-refractivity contribution in [3.05, 3.63) is 48.6 Å². The summed E-state index contributed by atoms with van der Waals surface area (Å²) >= 11 is 0. The zero-order valence-electron chi connectivity index (χ0n) is 44.6. The first kappa shape index (κ1) is 64.8. The maximum Gasteiger partial charge on any atom is 0.305 e. The van der Waals surface area contributed by atoms with Crippen molar-refractivity contribution in [1.29, 1.82) is 0 Å². The Morgan fingerprint density at radius 1 is 0.418 bits per heavy atom. The van der Waals surface area contributed by atoms with Gasteiger partial charge in [0.05, 0.1) is 25.4 Å². The molecule has 0 saturated carbocycles. The van der Waals surface area contributed by atoms with Crippen LogP contribution in [0.5, 0.6) is 0 Å². The van der Waals surface area contributed by atoms with Crippen molar-refractivity contribution in [2.24, 2.45) is 0 Å². The fourth-order valence-electron chi connectivity index (χ4n) is 8.78. The molecule has 0 radical (unpaired) electrons. The summed E-state index contributed by atoms with van der Waals surface area (Å²) in [6, 6.07) is -0.638. The van der Waals surface area contributed by atoms with Crippen LogP contribution < -0.4 is 5.32 Å². The first-order valence-corrected chi connectivity index (χ1v) is 29.4. The van der Waals surface area contributed by atoms with Crippen molar-refractivity contribution in [2.45, 2.75) is 315 Å². The largest absolute Gasteiger partial charge is 0.466 e. The quantitative estimate of drug-likeness (QED) is 0.0321. The summed E-state index contributed by atoms with van der Waals surface area (Å²) in [4.78, 5) is 24.5. The van der Waals surface area contributed by atoms with Gasteiger partial charge in [-0.3, -0.25) is 9.59 Å². The molecule has 0 aromatic heterocycles. The Morgan fingerprint density at radius 2 is 0.746 bits per heavy atom. The van der Waals surface area contributed by atoms with Gasteiger partial charge in [-0.05, 0) is 89.9 Å². The predicted molar refractivity (Wildman–Crippen MR) is 292 cm³/mol. The van der Waals surface area contributed by atoms with Crippen LogP contribution in [0.3, 0.4) is 0 Å². The first-order chi connectivity index (χ1) is 33.0. The number of ether oxygens (including phenoxy) is 1. The second kappa shape index (κ2) is 56.4. The van der Waals surface area contributed by atoms with E-state index in [0.717, 1.165) is 64.2 Å². The fourth-order valence-corrected chi connectivity index (χ4v) is 8.78. The molecule has 0 heterocycles. The molecule has 0 aromatic rings. The van der Waals surface area contributed by atoms with Crippen molar-refractivity contribution >= 4 is 11.9 Å². The zero-order valence-corrected chi connectivity index (χ0v) is 44.6. The van der Waals surface area contributed by atoms with Gasteiger partial charge in [0, 0.05) is 12.8 Å². The minimum absolute atomic E-state index is 0.0109. The summed E-state index contributed by atoms with van der Waals surface area (Å²) in [6.07, 6.45) is 71.3. The molecule has 0 aliphatic carbocycles. The van der Waals surface area contributed by atoms with Crippen LogP contribution >= 0.6 is 0 Å². The predicted octanol–water partition coefficient (Wildman–Crippen LogP) is 18.2. The highest BCUT2D eigenvalue weighted by Crippen LogP contribution is 2.16. The van der Waals surface area contributed by atoms with E-state index in [1.807, 2.05) is 6.08 Å². The number of amides is 1. The molecule has 6 heteroatoms. The highest BCUT2D eigenvalue weighted by atomic mass is 16.5. The lowest BCUT2D eigenvalue weighted by molar-refractivity contribution is -0.143. The van der Waals surface area contributed by atoms with Crippen LogP contribution in [0.4, 0.5) is 0 Å². The van der Waals surface area contributed by atoms with Gasteiger partial charge in [0.25, 0.3) is 0 Å². The molecule has 2 unspecified atom stereocenters. The van der Waals surface area contributed by atoms with Crippen LogP contribution in [-0.4, -0.2) is 47.4 Å². The van der Waals surface area contributed by atoms with Crippen LogP contribution in [0.25, 0.3) is 0 Å². The number of carbonyl (C=O) groups is 2. The van der Waals surface area contributed by atoms with Gasteiger partial charge in [0.2, 0.25) is 5.91 Å². The van der Waals surface area contributed by atoms with Crippen molar-refractivity contribution < 1.29 is 24.5 Å². The second-order valence-corrected chi connectivity index (χ2v) is 20.0. The van der Waals surface area contributed by atoms with E-state index in [4.69, 9.17) is 4.74 Å². The van der Waals surface area contributed by atoms with Crippen molar-refractivity contribution in [3.8, 4) is 0 Å². The maximum atomic E-state index is 12.5. The van der Waals surface area contributed by atoms with E-state index in [-0.39, 0.29) is 18.5 Å². The SMILES string of the molecule is CCCCC/C=C\C/C=C\CCCCCCCCCC(=O)OCCCCCCCC/C=C\CCCCCCCCCC(=O)NC(CO)C(O)/C=C/CCCCCCCCCCCCCCCC. The number of aliphatic hydroxyl groups is 2. The minimum Gasteiger partial charge on any atom is -0.466 e. The van der Waals surface area contributed by atoms with Crippen molar-refractivity contribution in [2.75, 3.05) is 13.2 Å². The van der Waals surface area contributed by atoms with Crippen LogP contribution in [-0.2, 0) is 14.3 Å². The van der Waals surface area contributed by atoms with Crippen molar-refractivity contribution in [1.82, 2.24) is 5.32 Å². The summed E-state index contributed by atoms with van der Waals surface area (Å²) in [5.74, 6) is -0.0908. The summed E-state index contributed by atoms with van der Waals surface area (Å²) < 4.78 is 5.47. The number of hydrogen-bond acceptors (Lipinski definition) is 5. The molecule has 0 fully saturated rings. The van der Waals surface area contributed by atoms with Gasteiger partial charge in [0.15, 0.2) is 0 Å². The maximum absolute atomic E-state index is 12.5. The molecule has 67 heavy (non-hydrogen) atoms. The number of aliphatic hydroxyl groups excluding tert-OH is 2. The molecule has 2 atom stereocenters. The Labute approximate surface area is 416 Å². The third kappa shape index (κ3) is 53.0. The molecule has 0 aliphatic heterocycles. The average Bonchev–Trinajstić information content (AvgIpc) is 3.33. The number of rotatable bonds is 54. The molecule has 0 aromatic carbocycles. The topological polar surface area (TPSA) is 95.9 Å². The van der Waals surface area contributed by atoms with E-state index < -0.39 is 12.1 Å². The lowest BCUT2D eigenvalue weighted by Crippen LogP contribution is -2.45. The molecule has 0 rings (SSSR count). The normalized spacial score (nSPS) is 13.0. The number of unbranched alkanes of at least 4 members (excludes halogenated alkanes) is 37. The highest BCUT2D eigenvalue weighted by molar-refractivity contribution is 5.76. The number of nitrogens with one attached hydrogen (secondary N) is 1. The number of allylic oxidation sites excluding steroid dienone is 7. The highest BCUT2D eigenvalue weighted by Gasteiger charge is 2.18. The van der Waals surface area contributed by atoms with Gasteiger partial charge in [-0.1, -0.05) is 249 Å². The molecule has 0 aliphatic rings. The Kier molecular flexibility index (Phi) is 54.6. The molecule has 0 saturated heterocycles. The molecular formula is C61H113NO5. The Morgan fingerprint density at radius 3 is 1.18 bits per heavy atom. The van der Waals surface area contributed by atoms with E-state index in [0.29, 0.717) is 19.4 Å². The third-order valence-corrected chi connectivity index (χ3v) is 13.3. The van der Waals surface area contributed by atoms with E-state index >= 15 is 0 Å². The molecule has 1 amide bonds. The number of hydrogen-bond donors (Lipinski definition) is 3. The van der Waals surface area contributed by atoms with Crippen LogP contribution in [0.2, 0.25) is 0 Å². The van der Waals surface area contributed by atoms with Gasteiger partial charge >= 0.3 is 5.97 Å². The van der Waals surface area contributed by atoms with Gasteiger partial charge in [-0.2, -0.15) is 0 Å². The molecule has 0 bridgehead atoms. The van der Waals surface area contributed by atoms with E-state index in [1.165, 1.54) is 212 Å². The lowest BCUT2D eigenvalue weighted by atomic mass is 10.0. The summed E-state index contributed by atoms with van der Waals surface area (Å²) in [5.41, 5.74) is 0. The summed E-state index contributed by atoms with van der Waals surface area (Å²) in [7, 11) is 0. The van der Waals surface area contributed by atoms with Crippen molar-refractivity contribution in [3.63, 3.8) is 0 Å².